The molecular formula is C9H13ClN2OS2. The number of nitrogens with zero attached hydrogens (tertiary/aromatic N) is 2. The fourth-order valence-electron chi connectivity index (χ4n) is 1.52. The number of halogens is 1. The highest BCUT2D eigenvalue weighted by Gasteiger charge is 2.19. The van der Waals surface area contributed by atoms with E-state index in [2.05, 4.69) is 9.88 Å². The number of aromatic nitrogens is 1. The molecule has 6 heteroatoms. The third kappa shape index (κ3) is 2.52. The molecule has 1 aromatic rings. The van der Waals surface area contributed by atoms with Crippen molar-refractivity contribution in [3.63, 3.8) is 0 Å². The molecule has 0 atom stereocenters. The van der Waals surface area contributed by atoms with Gasteiger partial charge in [-0.05, 0) is 0 Å². The quantitative estimate of drug-likeness (QED) is 0.783. The highest BCUT2D eigenvalue weighted by Crippen LogP contribution is 2.33. The molecule has 15 heavy (non-hydrogen) atoms. The minimum absolute atomic E-state index is 0.514. The Hall–Kier alpha value is -0.130. The van der Waals surface area contributed by atoms with E-state index >= 15 is 0 Å². The number of hydrogen-bond donors (Lipinski definition) is 0. The van der Waals surface area contributed by atoms with Gasteiger partial charge in [0.1, 0.15) is 5.82 Å². The van der Waals surface area contributed by atoms with Crippen LogP contribution in [0.2, 0.25) is 0 Å². The summed E-state index contributed by atoms with van der Waals surface area (Å²) in [5.41, 5.74) is 0. The molecule has 0 bridgehead atoms. The smallest absolute Gasteiger partial charge is 0.275 e. The molecule has 0 aliphatic carbocycles. The first-order valence-electron chi connectivity index (χ1n) is 4.77. The largest absolute Gasteiger partial charge is 0.473 e. The van der Waals surface area contributed by atoms with Gasteiger partial charge in [-0.15, -0.1) is 11.6 Å². The summed E-state index contributed by atoms with van der Waals surface area (Å²) in [5.74, 6) is 3.87. The Morgan fingerprint density at radius 3 is 2.80 bits per heavy atom. The summed E-state index contributed by atoms with van der Waals surface area (Å²) in [6.07, 6.45) is 0. The first-order chi connectivity index (χ1) is 7.35. The van der Waals surface area contributed by atoms with Crippen LogP contribution in [0.4, 0.5) is 5.82 Å². The van der Waals surface area contributed by atoms with Crippen molar-refractivity contribution < 1.29 is 4.74 Å². The summed E-state index contributed by atoms with van der Waals surface area (Å²) in [7, 11) is 1.65. The first kappa shape index (κ1) is 11.4. The van der Waals surface area contributed by atoms with E-state index in [0.29, 0.717) is 11.1 Å². The van der Waals surface area contributed by atoms with Crippen LogP contribution in [0.3, 0.4) is 0 Å². The Morgan fingerprint density at radius 1 is 1.47 bits per heavy atom. The van der Waals surface area contributed by atoms with Crippen LogP contribution >= 0.6 is 34.7 Å². The minimum atomic E-state index is 0.514. The molecule has 2 heterocycles. The molecule has 2 rings (SSSR count). The average Bonchev–Trinajstić information content (AvgIpc) is 2.73. The molecule has 0 saturated carbocycles. The monoisotopic (exact) mass is 264 g/mol. The van der Waals surface area contributed by atoms with Crippen molar-refractivity contribution in [2.45, 2.75) is 5.88 Å². The van der Waals surface area contributed by atoms with Crippen molar-refractivity contribution in [1.82, 2.24) is 4.98 Å². The highest BCUT2D eigenvalue weighted by molar-refractivity contribution is 7.99. The molecule has 0 amide bonds. The normalized spacial score (nSPS) is 16.8. The zero-order valence-corrected chi connectivity index (χ0v) is 10.9. The second-order valence-corrected chi connectivity index (χ2v) is 5.70. The van der Waals surface area contributed by atoms with Gasteiger partial charge in [0.15, 0.2) is 0 Å². The van der Waals surface area contributed by atoms with Crippen molar-refractivity contribution in [3.8, 4) is 5.19 Å². The van der Waals surface area contributed by atoms with Crippen LogP contribution in [0, 0.1) is 0 Å². The van der Waals surface area contributed by atoms with Gasteiger partial charge in [-0.1, -0.05) is 11.3 Å². The minimum Gasteiger partial charge on any atom is -0.473 e. The zero-order chi connectivity index (χ0) is 10.7. The van der Waals surface area contributed by atoms with E-state index in [9.17, 15) is 0 Å². The Morgan fingerprint density at radius 2 is 2.20 bits per heavy atom. The highest BCUT2D eigenvalue weighted by atomic mass is 35.5. The van der Waals surface area contributed by atoms with Crippen molar-refractivity contribution in [2.24, 2.45) is 0 Å². The molecule has 84 valence electrons. The molecule has 1 saturated heterocycles. The van der Waals surface area contributed by atoms with Gasteiger partial charge >= 0.3 is 0 Å². The molecule has 0 aromatic carbocycles. The molecule has 0 spiro atoms. The van der Waals surface area contributed by atoms with Crippen LogP contribution in [0.15, 0.2) is 0 Å². The Kier molecular flexibility index (Phi) is 3.99. The molecule has 1 aromatic heterocycles. The van der Waals surface area contributed by atoms with Crippen molar-refractivity contribution >= 4 is 40.5 Å². The average molecular weight is 265 g/mol. The maximum Gasteiger partial charge on any atom is 0.275 e. The van der Waals surface area contributed by atoms with E-state index < -0.39 is 0 Å². The van der Waals surface area contributed by atoms with Gasteiger partial charge in [-0.3, -0.25) is 0 Å². The number of hydrogen-bond acceptors (Lipinski definition) is 5. The third-order valence-electron chi connectivity index (χ3n) is 2.26. The molecule has 3 nitrogen and oxygen atoms in total. The zero-order valence-electron chi connectivity index (χ0n) is 8.53. The lowest BCUT2D eigenvalue weighted by atomic mass is 10.4. The van der Waals surface area contributed by atoms with Crippen LogP contribution in [0.1, 0.15) is 4.88 Å². The van der Waals surface area contributed by atoms with Crippen molar-refractivity contribution in [3.05, 3.63) is 4.88 Å². The predicted octanol–water partition coefficient (Wildman–Crippen LogP) is 2.44. The fraction of sp³-hybridized carbons (Fsp3) is 0.667. The van der Waals surface area contributed by atoms with Gasteiger partial charge in [0.25, 0.3) is 5.19 Å². The molecular weight excluding hydrogens is 252 g/mol. The van der Waals surface area contributed by atoms with E-state index in [-0.39, 0.29) is 0 Å². The number of methoxy groups -OCH3 is 1. The number of ether oxygens (including phenoxy) is 1. The standard InChI is InChI=1S/C9H13ClN2OS2/c1-13-9-11-8(7(6-10)15-9)12-2-4-14-5-3-12/h2-6H2,1H3. The fourth-order valence-corrected chi connectivity index (χ4v) is 3.45. The third-order valence-corrected chi connectivity index (χ3v) is 4.64. The van der Waals surface area contributed by atoms with E-state index in [4.69, 9.17) is 16.3 Å². The Balaban J connectivity index is 2.20. The van der Waals surface area contributed by atoms with Gasteiger partial charge in [0.05, 0.1) is 17.9 Å². The number of anilines is 1. The first-order valence-corrected chi connectivity index (χ1v) is 7.28. The number of alkyl halides is 1. The molecule has 1 fully saturated rings. The summed E-state index contributed by atoms with van der Waals surface area (Å²) in [6, 6.07) is 0. The van der Waals surface area contributed by atoms with Crippen molar-refractivity contribution in [2.75, 3.05) is 36.6 Å². The van der Waals surface area contributed by atoms with Gasteiger partial charge in [0.2, 0.25) is 0 Å². The van der Waals surface area contributed by atoms with E-state index in [1.165, 1.54) is 22.8 Å². The van der Waals surface area contributed by atoms with Gasteiger partial charge in [-0.2, -0.15) is 16.7 Å². The number of rotatable bonds is 3. The molecule has 1 aliphatic rings. The number of thioether (sulfide) groups is 1. The molecule has 0 N–H and O–H groups in total. The maximum absolute atomic E-state index is 5.90. The lowest BCUT2D eigenvalue weighted by Crippen LogP contribution is -2.33. The summed E-state index contributed by atoms with van der Waals surface area (Å²) < 4.78 is 5.15. The Bertz CT molecular complexity index is 326. The maximum atomic E-state index is 5.90. The van der Waals surface area contributed by atoms with Crippen LogP contribution in [-0.2, 0) is 5.88 Å². The summed E-state index contributed by atoms with van der Waals surface area (Å²) in [4.78, 5) is 7.86. The van der Waals surface area contributed by atoms with Crippen LogP contribution in [0.25, 0.3) is 0 Å². The van der Waals surface area contributed by atoms with Crippen molar-refractivity contribution in [1.29, 1.82) is 0 Å². The SMILES string of the molecule is COc1nc(N2CCSCC2)c(CCl)s1. The Labute approximate surface area is 103 Å². The predicted molar refractivity (Wildman–Crippen MR) is 67.8 cm³/mol. The summed E-state index contributed by atoms with van der Waals surface area (Å²) in [5, 5.41) is 0.707. The van der Waals surface area contributed by atoms with Gasteiger partial charge in [0, 0.05) is 24.6 Å². The molecule has 0 radical (unpaired) electrons. The lowest BCUT2D eigenvalue weighted by molar-refractivity contribution is 0.412. The lowest BCUT2D eigenvalue weighted by Gasteiger charge is -2.27. The van der Waals surface area contributed by atoms with Crippen LogP contribution < -0.4 is 9.64 Å². The second kappa shape index (κ2) is 5.27. The van der Waals surface area contributed by atoms with E-state index in [1.807, 2.05) is 11.8 Å². The van der Waals surface area contributed by atoms with E-state index in [0.717, 1.165) is 23.8 Å². The second-order valence-electron chi connectivity index (χ2n) is 3.16. The number of thiazole rings is 1. The van der Waals surface area contributed by atoms with Crippen LogP contribution in [0.5, 0.6) is 5.19 Å². The van der Waals surface area contributed by atoms with E-state index in [1.54, 1.807) is 7.11 Å². The topological polar surface area (TPSA) is 25.4 Å². The van der Waals surface area contributed by atoms with Crippen LogP contribution in [-0.4, -0.2) is 36.7 Å². The van der Waals surface area contributed by atoms with Gasteiger partial charge < -0.3 is 9.64 Å². The summed E-state index contributed by atoms with van der Waals surface area (Å²) >= 11 is 9.43. The van der Waals surface area contributed by atoms with Gasteiger partial charge in [-0.25, -0.2) is 0 Å². The molecule has 0 unspecified atom stereocenters. The summed E-state index contributed by atoms with van der Waals surface area (Å²) in [6.45, 7) is 2.11. The molecule has 1 aliphatic heterocycles.